The maximum absolute atomic E-state index is 12.6. The van der Waals surface area contributed by atoms with E-state index >= 15 is 0 Å². The van der Waals surface area contributed by atoms with Crippen LogP contribution in [-0.4, -0.2) is 39.6 Å². The van der Waals surface area contributed by atoms with Gasteiger partial charge >= 0.3 is 0 Å². The summed E-state index contributed by atoms with van der Waals surface area (Å²) in [6, 6.07) is 12.5. The molecule has 0 radical (unpaired) electrons. The van der Waals surface area contributed by atoms with E-state index in [1.165, 1.54) is 36.5 Å². The van der Waals surface area contributed by atoms with Crippen molar-refractivity contribution in [3.05, 3.63) is 77.2 Å². The summed E-state index contributed by atoms with van der Waals surface area (Å²) >= 11 is 0. The Labute approximate surface area is 196 Å². The number of nitrogens with one attached hydrogen (secondary N) is 3. The highest BCUT2D eigenvalue weighted by atomic mass is 32.2. The van der Waals surface area contributed by atoms with Crippen molar-refractivity contribution >= 4 is 27.6 Å². The molecule has 2 heterocycles. The van der Waals surface area contributed by atoms with E-state index in [-0.39, 0.29) is 22.3 Å². The molecule has 0 fully saturated rings. The molecule has 0 atom stereocenters. The third-order valence-corrected chi connectivity index (χ3v) is 6.59. The van der Waals surface area contributed by atoms with E-state index in [1.807, 2.05) is 19.9 Å². The topological polar surface area (TPSA) is 150 Å². The lowest BCUT2D eigenvalue weighted by Crippen LogP contribution is -2.16. The molecule has 0 spiro atoms. The number of carbonyl (C=O) groups excluding carboxylic acids is 1. The van der Waals surface area contributed by atoms with Gasteiger partial charge in [0.15, 0.2) is 0 Å². The van der Waals surface area contributed by atoms with Crippen molar-refractivity contribution in [1.82, 2.24) is 20.2 Å². The van der Waals surface area contributed by atoms with E-state index in [9.17, 15) is 18.3 Å². The van der Waals surface area contributed by atoms with Gasteiger partial charge < -0.3 is 10.4 Å². The number of H-pyrrole nitrogens is 1. The summed E-state index contributed by atoms with van der Waals surface area (Å²) in [6.07, 6.45) is 1.46. The largest absolute Gasteiger partial charge is 0.507 e. The summed E-state index contributed by atoms with van der Waals surface area (Å²) in [6.45, 7) is 5.43. The fourth-order valence-corrected chi connectivity index (χ4v) is 4.13. The Kier molecular flexibility index (Phi) is 6.03. The lowest BCUT2D eigenvalue weighted by atomic mass is 10.0. The number of benzene rings is 2. The highest BCUT2D eigenvalue weighted by molar-refractivity contribution is 7.92. The quantitative estimate of drug-likeness (QED) is 0.331. The van der Waals surface area contributed by atoms with Gasteiger partial charge in [-0.15, -0.1) is 0 Å². The van der Waals surface area contributed by atoms with E-state index in [0.29, 0.717) is 22.6 Å². The number of aromatic hydroxyl groups is 1. The number of carbonyl (C=O) groups is 1. The first-order valence-electron chi connectivity index (χ1n) is 10.2. The van der Waals surface area contributed by atoms with Crippen LogP contribution < -0.4 is 10.0 Å². The fourth-order valence-electron chi connectivity index (χ4n) is 3.18. The van der Waals surface area contributed by atoms with Crippen LogP contribution in [0.4, 0.5) is 11.6 Å². The molecule has 0 unspecified atom stereocenters. The van der Waals surface area contributed by atoms with E-state index in [2.05, 4.69) is 30.2 Å². The first-order chi connectivity index (χ1) is 16.1. The number of anilines is 2. The lowest BCUT2D eigenvalue weighted by Gasteiger charge is -2.08. The molecule has 174 valence electrons. The summed E-state index contributed by atoms with van der Waals surface area (Å²) < 4.78 is 27.5. The van der Waals surface area contributed by atoms with Crippen LogP contribution >= 0.6 is 0 Å². The summed E-state index contributed by atoms with van der Waals surface area (Å²) in [5.41, 5.74) is 3.82. The van der Waals surface area contributed by atoms with Crippen molar-refractivity contribution in [1.29, 1.82) is 0 Å². The predicted octanol–water partition coefficient (Wildman–Crippen LogP) is 3.55. The molecule has 34 heavy (non-hydrogen) atoms. The highest BCUT2D eigenvalue weighted by Crippen LogP contribution is 2.32. The predicted molar refractivity (Wildman–Crippen MR) is 127 cm³/mol. The van der Waals surface area contributed by atoms with Crippen LogP contribution in [0.15, 0.2) is 59.6 Å². The van der Waals surface area contributed by atoms with E-state index in [0.717, 1.165) is 11.1 Å². The smallest absolute Gasteiger partial charge is 0.273 e. The molecule has 4 N–H and O–H groups in total. The second-order valence-electron chi connectivity index (χ2n) is 7.68. The molecule has 4 rings (SSSR count). The van der Waals surface area contributed by atoms with Crippen LogP contribution in [0, 0.1) is 20.8 Å². The number of nitrogens with zero attached hydrogens (tertiary/aromatic N) is 3. The molecule has 11 heteroatoms. The monoisotopic (exact) mass is 478 g/mol. The van der Waals surface area contributed by atoms with Crippen molar-refractivity contribution < 1.29 is 18.3 Å². The van der Waals surface area contributed by atoms with Crippen LogP contribution in [0.25, 0.3) is 11.3 Å². The third-order valence-electron chi connectivity index (χ3n) is 5.24. The van der Waals surface area contributed by atoms with Gasteiger partial charge in [0, 0.05) is 23.1 Å². The number of amides is 1. The lowest BCUT2D eigenvalue weighted by molar-refractivity contribution is 0.102. The number of rotatable bonds is 6. The van der Waals surface area contributed by atoms with Gasteiger partial charge in [0.2, 0.25) is 5.95 Å². The zero-order chi connectivity index (χ0) is 24.5. The number of hydrogen-bond donors (Lipinski definition) is 4. The second-order valence-corrected chi connectivity index (χ2v) is 9.36. The molecule has 0 aliphatic heterocycles. The Bertz CT molecular complexity index is 1480. The Hall–Kier alpha value is -4.25. The summed E-state index contributed by atoms with van der Waals surface area (Å²) in [4.78, 5) is 20.5. The maximum atomic E-state index is 12.6. The van der Waals surface area contributed by atoms with Crippen molar-refractivity contribution in [2.45, 2.75) is 25.7 Å². The molecular formula is C23H22N6O4S. The number of sulfonamides is 1. The van der Waals surface area contributed by atoms with Gasteiger partial charge in [-0.05, 0) is 74.4 Å². The number of phenols is 1. The van der Waals surface area contributed by atoms with E-state index < -0.39 is 15.9 Å². The standard InChI is InChI=1S/C23H22N6O4S/c1-13-4-9-18(21(30)15(13)3)19-12-20(28-27-19)22(31)26-16-5-7-17(8-6-16)34(32,33)29-23-24-11-10-14(2)25-23/h4-12,30H,1-3H3,(H,26,31)(H,27,28)(H,24,25,29). The molecule has 0 saturated heterocycles. The Morgan fingerprint density at radius 2 is 1.76 bits per heavy atom. The van der Waals surface area contributed by atoms with Gasteiger partial charge in [-0.1, -0.05) is 6.07 Å². The third kappa shape index (κ3) is 4.74. The molecule has 0 saturated carbocycles. The Morgan fingerprint density at radius 1 is 1.03 bits per heavy atom. The fraction of sp³-hybridized carbons (Fsp3) is 0.130. The SMILES string of the molecule is Cc1ccnc(NS(=O)(=O)c2ccc(NC(=O)c3cc(-c4ccc(C)c(C)c4O)n[nH]3)cc2)n1. The minimum atomic E-state index is -3.89. The van der Waals surface area contributed by atoms with Crippen LogP contribution in [0.5, 0.6) is 5.75 Å². The first-order valence-corrected chi connectivity index (χ1v) is 11.7. The number of aromatic nitrogens is 4. The molecule has 0 aliphatic rings. The highest BCUT2D eigenvalue weighted by Gasteiger charge is 2.18. The average molecular weight is 479 g/mol. The molecule has 0 aliphatic carbocycles. The van der Waals surface area contributed by atoms with E-state index in [1.54, 1.807) is 19.1 Å². The Balaban J connectivity index is 1.47. The van der Waals surface area contributed by atoms with Gasteiger partial charge in [-0.2, -0.15) is 5.10 Å². The molecule has 4 aromatic rings. The molecule has 1 amide bonds. The minimum absolute atomic E-state index is 0.00959. The average Bonchev–Trinajstić information content (AvgIpc) is 3.28. The summed E-state index contributed by atoms with van der Waals surface area (Å²) in [5.74, 6) is -0.383. The summed E-state index contributed by atoms with van der Waals surface area (Å²) in [7, 11) is -3.89. The van der Waals surface area contributed by atoms with Gasteiger partial charge in [-0.25, -0.2) is 23.1 Å². The minimum Gasteiger partial charge on any atom is -0.507 e. The maximum Gasteiger partial charge on any atom is 0.273 e. The van der Waals surface area contributed by atoms with Crippen molar-refractivity contribution in [3.63, 3.8) is 0 Å². The molecule has 10 nitrogen and oxygen atoms in total. The van der Waals surface area contributed by atoms with Crippen molar-refractivity contribution in [3.8, 4) is 17.0 Å². The van der Waals surface area contributed by atoms with Crippen LogP contribution in [-0.2, 0) is 10.0 Å². The van der Waals surface area contributed by atoms with Crippen LogP contribution in [0.2, 0.25) is 0 Å². The molecule has 2 aromatic carbocycles. The normalized spacial score (nSPS) is 11.3. The zero-order valence-corrected chi connectivity index (χ0v) is 19.4. The number of phenolic OH excluding ortho intramolecular Hbond substituents is 1. The first kappa shape index (κ1) is 22.9. The van der Waals surface area contributed by atoms with Gasteiger partial charge in [0.25, 0.3) is 15.9 Å². The molecular weight excluding hydrogens is 456 g/mol. The van der Waals surface area contributed by atoms with Crippen LogP contribution in [0.1, 0.15) is 27.3 Å². The van der Waals surface area contributed by atoms with Gasteiger partial charge in [-0.3, -0.25) is 9.89 Å². The van der Waals surface area contributed by atoms with E-state index in [4.69, 9.17) is 0 Å². The number of aromatic amines is 1. The zero-order valence-electron chi connectivity index (χ0n) is 18.6. The summed E-state index contributed by atoms with van der Waals surface area (Å²) in [5, 5.41) is 19.9. The second kappa shape index (κ2) is 8.94. The Morgan fingerprint density at radius 3 is 2.47 bits per heavy atom. The number of hydrogen-bond acceptors (Lipinski definition) is 7. The molecule has 2 aromatic heterocycles. The molecule has 0 bridgehead atoms. The number of aryl methyl sites for hydroxylation is 2. The van der Waals surface area contributed by atoms with Crippen molar-refractivity contribution in [2.24, 2.45) is 0 Å². The van der Waals surface area contributed by atoms with Crippen LogP contribution in [0.3, 0.4) is 0 Å². The van der Waals surface area contributed by atoms with Gasteiger partial charge in [0.05, 0.1) is 10.6 Å². The van der Waals surface area contributed by atoms with Gasteiger partial charge in [0.1, 0.15) is 11.4 Å². The van der Waals surface area contributed by atoms with Crippen molar-refractivity contribution in [2.75, 3.05) is 10.0 Å².